The van der Waals surface area contributed by atoms with Gasteiger partial charge < -0.3 is 10.3 Å². The lowest BCUT2D eigenvalue weighted by Crippen LogP contribution is -2.35. The summed E-state index contributed by atoms with van der Waals surface area (Å²) in [5.74, 6) is 1.74. The average Bonchev–Trinajstić information content (AvgIpc) is 2.82. The van der Waals surface area contributed by atoms with Gasteiger partial charge in [-0.25, -0.2) is 0 Å². The molecule has 0 spiro atoms. The van der Waals surface area contributed by atoms with Crippen LogP contribution in [-0.2, 0) is 6.54 Å². The van der Waals surface area contributed by atoms with Gasteiger partial charge in [-0.2, -0.15) is 0 Å². The normalized spacial score (nSPS) is 27.8. The fourth-order valence-electron chi connectivity index (χ4n) is 3.59. The smallest absolute Gasteiger partial charge is 0.0454 e. The van der Waals surface area contributed by atoms with Gasteiger partial charge in [-0.15, -0.1) is 0 Å². The van der Waals surface area contributed by atoms with E-state index in [-0.39, 0.29) is 0 Å². The summed E-state index contributed by atoms with van der Waals surface area (Å²) in [5, 5.41) is 5.06. The van der Waals surface area contributed by atoms with Gasteiger partial charge in [0.15, 0.2) is 0 Å². The Balaban J connectivity index is 1.62. The predicted octanol–water partition coefficient (Wildman–Crippen LogP) is 4.08. The van der Waals surface area contributed by atoms with Crippen LogP contribution in [0.2, 0.25) is 0 Å². The zero-order chi connectivity index (χ0) is 13.2. The third-order valence-corrected chi connectivity index (χ3v) is 4.39. The van der Waals surface area contributed by atoms with Gasteiger partial charge in [0.25, 0.3) is 0 Å². The highest BCUT2D eigenvalue weighted by Gasteiger charge is 2.23. The molecule has 2 unspecified atom stereocenters. The number of fused-ring (bicyclic) bond motifs is 1. The van der Waals surface area contributed by atoms with E-state index in [0.29, 0.717) is 6.04 Å². The minimum absolute atomic E-state index is 0.695. The van der Waals surface area contributed by atoms with Crippen LogP contribution in [-0.4, -0.2) is 11.0 Å². The van der Waals surface area contributed by atoms with E-state index in [0.717, 1.165) is 18.4 Å². The van der Waals surface area contributed by atoms with Gasteiger partial charge in [-0.3, -0.25) is 0 Å². The summed E-state index contributed by atoms with van der Waals surface area (Å²) < 4.78 is 0. The maximum atomic E-state index is 3.75. The van der Waals surface area contributed by atoms with Crippen molar-refractivity contribution in [3.05, 3.63) is 36.0 Å². The third kappa shape index (κ3) is 3.01. The molecule has 1 fully saturated rings. The molecule has 0 amide bonds. The first kappa shape index (κ1) is 12.7. The molecule has 0 saturated heterocycles. The van der Waals surface area contributed by atoms with Crippen LogP contribution in [0.1, 0.15) is 38.7 Å². The largest absolute Gasteiger partial charge is 0.361 e. The first-order valence-corrected chi connectivity index (χ1v) is 7.50. The van der Waals surface area contributed by atoms with Crippen molar-refractivity contribution in [2.75, 3.05) is 0 Å². The summed E-state index contributed by atoms with van der Waals surface area (Å²) in [6.07, 6.45) is 6.06. The van der Waals surface area contributed by atoms with E-state index in [4.69, 9.17) is 0 Å². The second kappa shape index (κ2) is 5.38. The monoisotopic (exact) mass is 256 g/mol. The molecule has 0 bridgehead atoms. The highest BCUT2D eigenvalue weighted by molar-refractivity contribution is 5.79. The maximum Gasteiger partial charge on any atom is 0.0454 e. The molecule has 2 aromatic rings. The van der Waals surface area contributed by atoms with Gasteiger partial charge in [-0.1, -0.05) is 19.9 Å². The SMILES string of the molecule is CC1CC(C)CC(NCc2ccc3[nH]ccc3c2)C1. The number of hydrogen-bond acceptors (Lipinski definition) is 1. The number of H-pyrrole nitrogens is 1. The highest BCUT2D eigenvalue weighted by Crippen LogP contribution is 2.28. The van der Waals surface area contributed by atoms with Crippen LogP contribution in [0.5, 0.6) is 0 Å². The van der Waals surface area contributed by atoms with Crippen molar-refractivity contribution < 1.29 is 0 Å². The summed E-state index contributed by atoms with van der Waals surface area (Å²) in [5.41, 5.74) is 2.61. The van der Waals surface area contributed by atoms with Gasteiger partial charge in [0.05, 0.1) is 0 Å². The summed E-state index contributed by atoms with van der Waals surface area (Å²) in [6.45, 7) is 5.76. The summed E-state index contributed by atoms with van der Waals surface area (Å²) in [6, 6.07) is 9.53. The molecule has 1 heterocycles. The lowest BCUT2D eigenvalue weighted by Gasteiger charge is -2.32. The molecule has 2 atom stereocenters. The fraction of sp³-hybridized carbons (Fsp3) is 0.529. The molecular weight excluding hydrogens is 232 g/mol. The Morgan fingerprint density at radius 1 is 1.11 bits per heavy atom. The van der Waals surface area contributed by atoms with Crippen LogP contribution in [0, 0.1) is 11.8 Å². The Morgan fingerprint density at radius 3 is 2.68 bits per heavy atom. The summed E-state index contributed by atoms with van der Waals surface area (Å²) >= 11 is 0. The molecule has 1 aromatic carbocycles. The van der Waals surface area contributed by atoms with Crippen LogP contribution in [0.4, 0.5) is 0 Å². The van der Waals surface area contributed by atoms with Crippen molar-refractivity contribution in [2.45, 2.75) is 45.7 Å². The Bertz CT molecular complexity index is 533. The zero-order valence-corrected chi connectivity index (χ0v) is 11.9. The molecule has 102 valence electrons. The molecule has 3 rings (SSSR count). The minimum atomic E-state index is 0.695. The van der Waals surface area contributed by atoms with Crippen molar-refractivity contribution in [1.82, 2.24) is 10.3 Å². The van der Waals surface area contributed by atoms with E-state index in [1.807, 2.05) is 6.20 Å². The van der Waals surface area contributed by atoms with E-state index < -0.39 is 0 Å². The molecule has 0 radical (unpaired) electrons. The lowest BCUT2D eigenvalue weighted by molar-refractivity contribution is 0.238. The molecule has 0 aliphatic heterocycles. The van der Waals surface area contributed by atoms with Gasteiger partial charge in [-0.05, 0) is 60.2 Å². The minimum Gasteiger partial charge on any atom is -0.361 e. The molecular formula is C17H24N2. The molecule has 1 aliphatic rings. The van der Waals surface area contributed by atoms with Gasteiger partial charge >= 0.3 is 0 Å². The average molecular weight is 256 g/mol. The first-order valence-electron chi connectivity index (χ1n) is 7.50. The van der Waals surface area contributed by atoms with Crippen LogP contribution < -0.4 is 5.32 Å². The Labute approximate surface area is 115 Å². The van der Waals surface area contributed by atoms with E-state index in [9.17, 15) is 0 Å². The van der Waals surface area contributed by atoms with E-state index in [1.165, 1.54) is 35.7 Å². The van der Waals surface area contributed by atoms with Gasteiger partial charge in [0, 0.05) is 24.3 Å². The first-order chi connectivity index (χ1) is 9.20. The van der Waals surface area contributed by atoms with E-state index in [1.54, 1.807) is 0 Å². The van der Waals surface area contributed by atoms with Gasteiger partial charge in [0.1, 0.15) is 0 Å². The highest BCUT2D eigenvalue weighted by atomic mass is 14.9. The molecule has 19 heavy (non-hydrogen) atoms. The second-order valence-electron chi connectivity index (χ2n) is 6.39. The molecule has 1 aliphatic carbocycles. The molecule has 1 saturated carbocycles. The van der Waals surface area contributed by atoms with E-state index in [2.05, 4.69) is 48.4 Å². The number of rotatable bonds is 3. The fourth-order valence-corrected chi connectivity index (χ4v) is 3.59. The van der Waals surface area contributed by atoms with Crippen LogP contribution in [0.25, 0.3) is 10.9 Å². The standard InChI is InChI=1S/C17H24N2/c1-12-7-13(2)9-16(8-12)19-11-14-3-4-17-15(10-14)5-6-18-17/h3-6,10,12-13,16,18-19H,7-9,11H2,1-2H3. The van der Waals surface area contributed by atoms with Crippen LogP contribution >= 0.6 is 0 Å². The maximum absolute atomic E-state index is 3.75. The number of aromatic nitrogens is 1. The zero-order valence-electron chi connectivity index (χ0n) is 11.9. The van der Waals surface area contributed by atoms with E-state index >= 15 is 0 Å². The quantitative estimate of drug-likeness (QED) is 0.850. The molecule has 2 N–H and O–H groups in total. The Hall–Kier alpha value is -1.28. The summed E-state index contributed by atoms with van der Waals surface area (Å²) in [4.78, 5) is 3.24. The van der Waals surface area contributed by atoms with Crippen molar-refractivity contribution in [2.24, 2.45) is 11.8 Å². The van der Waals surface area contributed by atoms with Gasteiger partial charge in [0.2, 0.25) is 0 Å². The molecule has 1 aromatic heterocycles. The Morgan fingerprint density at radius 2 is 1.89 bits per heavy atom. The molecule has 2 heteroatoms. The van der Waals surface area contributed by atoms with Crippen molar-refractivity contribution in [3.63, 3.8) is 0 Å². The number of hydrogen-bond donors (Lipinski definition) is 2. The van der Waals surface area contributed by atoms with Crippen LogP contribution in [0.3, 0.4) is 0 Å². The van der Waals surface area contributed by atoms with Crippen LogP contribution in [0.15, 0.2) is 30.5 Å². The Kier molecular flexibility index (Phi) is 3.61. The van der Waals surface area contributed by atoms with Crippen molar-refractivity contribution in [1.29, 1.82) is 0 Å². The molecule has 2 nitrogen and oxygen atoms in total. The van der Waals surface area contributed by atoms with Crippen molar-refractivity contribution in [3.8, 4) is 0 Å². The number of aromatic amines is 1. The predicted molar refractivity (Wildman–Crippen MR) is 81.1 cm³/mol. The lowest BCUT2D eigenvalue weighted by atomic mass is 9.80. The number of nitrogens with one attached hydrogen (secondary N) is 2. The topological polar surface area (TPSA) is 27.8 Å². The summed E-state index contributed by atoms with van der Waals surface area (Å²) in [7, 11) is 0. The second-order valence-corrected chi connectivity index (χ2v) is 6.39. The number of benzene rings is 1. The third-order valence-electron chi connectivity index (χ3n) is 4.39. The van der Waals surface area contributed by atoms with Crippen molar-refractivity contribution >= 4 is 10.9 Å².